The van der Waals surface area contributed by atoms with Gasteiger partial charge in [-0.3, -0.25) is 0 Å². The molecule has 2 radical (unpaired) electrons. The number of hydrogen-bond acceptors (Lipinski definition) is 0. The van der Waals surface area contributed by atoms with Gasteiger partial charge >= 0.3 is 26.8 Å². The van der Waals surface area contributed by atoms with Crippen LogP contribution in [0.2, 0.25) is 0 Å². The van der Waals surface area contributed by atoms with Crippen LogP contribution < -0.4 is 0 Å². The molecule has 4 heteroatoms. The number of benzene rings is 4. The molecule has 0 spiro atoms. The summed E-state index contributed by atoms with van der Waals surface area (Å²) in [7, 11) is 2.97. The van der Waals surface area contributed by atoms with Crippen LogP contribution in [0.4, 0.5) is 0 Å². The summed E-state index contributed by atoms with van der Waals surface area (Å²) in [4.78, 5) is 0. The van der Waals surface area contributed by atoms with E-state index in [1.54, 1.807) is 19.2 Å². The molecule has 6 aromatic rings. The molecule has 0 N–H and O–H groups in total. The molecule has 0 nitrogen and oxygen atoms in total. The Labute approximate surface area is 255 Å². The summed E-state index contributed by atoms with van der Waals surface area (Å²) in [6, 6.07) is 35.5. The normalized spacial score (nSPS) is 9.61. The molecule has 0 saturated carbocycles. The molecule has 38 heavy (non-hydrogen) atoms. The van der Waals surface area contributed by atoms with Gasteiger partial charge in [0.25, 0.3) is 0 Å². The maximum atomic E-state index is 2.97. The molecule has 0 aliphatic rings. The molecule has 6 rings (SSSR count). The summed E-state index contributed by atoms with van der Waals surface area (Å²) in [5.41, 5.74) is 2.93. The standard InChI is InChI=1S/2C16H15.2CH3.2ClH.Si.Ti/c2*1-2-5-12-10-14-9-8-13-6-3-4-7-15(13)16(14)11-12;;;;;;/h2*3-4,6-11H,2,5H2,1H3;2*1H3;2*1H;;/q4*-1;;;;. The molecule has 0 bridgehead atoms. The molecular formula is C34H38Cl2SiTi-4. The fourth-order valence-electron chi connectivity index (χ4n) is 4.92. The van der Waals surface area contributed by atoms with E-state index < -0.39 is 0 Å². The topological polar surface area (TPSA) is 0 Å². The van der Waals surface area contributed by atoms with E-state index in [0.29, 0.717) is 0 Å². The van der Waals surface area contributed by atoms with Crippen molar-refractivity contribution < 1.29 is 19.2 Å². The van der Waals surface area contributed by atoms with Crippen LogP contribution in [0.25, 0.3) is 43.1 Å². The van der Waals surface area contributed by atoms with Crippen molar-refractivity contribution in [2.75, 3.05) is 0 Å². The van der Waals surface area contributed by atoms with Crippen molar-refractivity contribution >= 4 is 75.5 Å². The first-order chi connectivity index (χ1) is 16.8. The second-order valence-electron chi connectivity index (χ2n) is 8.81. The number of aryl methyl sites for hydroxylation is 2. The Morgan fingerprint density at radius 1 is 0.553 bits per heavy atom. The van der Waals surface area contributed by atoms with Crippen LogP contribution in [0.1, 0.15) is 37.8 Å². The van der Waals surface area contributed by atoms with Gasteiger partial charge in [-0.15, -0.1) is 81.8 Å². The van der Waals surface area contributed by atoms with Crippen LogP contribution in [-0.2, 0) is 32.0 Å². The first-order valence-electron chi connectivity index (χ1n) is 12.2. The second kappa shape index (κ2) is 17.7. The van der Waals surface area contributed by atoms with Gasteiger partial charge in [-0.05, 0) is 12.8 Å². The van der Waals surface area contributed by atoms with Crippen molar-refractivity contribution in [2.45, 2.75) is 39.5 Å². The molecule has 0 aliphatic heterocycles. The van der Waals surface area contributed by atoms with Crippen molar-refractivity contribution in [1.82, 2.24) is 0 Å². The van der Waals surface area contributed by atoms with Gasteiger partial charge in [0, 0.05) is 0 Å². The summed E-state index contributed by atoms with van der Waals surface area (Å²) < 4.78 is 0. The minimum atomic E-state index is 0. The average Bonchev–Trinajstić information content (AvgIpc) is 3.50. The van der Waals surface area contributed by atoms with Crippen molar-refractivity contribution in [3.8, 4) is 0 Å². The fourth-order valence-corrected chi connectivity index (χ4v) is 4.92. The second-order valence-corrected chi connectivity index (χ2v) is 8.81. The van der Waals surface area contributed by atoms with Crippen LogP contribution in [0.15, 0.2) is 97.1 Å². The third kappa shape index (κ3) is 8.07. The summed E-state index contributed by atoms with van der Waals surface area (Å²) in [6.07, 6.45) is 4.80. The molecule has 0 atom stereocenters. The van der Waals surface area contributed by atoms with E-state index in [-0.39, 0.29) is 39.7 Å². The number of fused-ring (bicyclic) bond motifs is 6. The van der Waals surface area contributed by atoms with Crippen LogP contribution in [0, 0.1) is 14.9 Å². The number of halogens is 2. The van der Waals surface area contributed by atoms with Crippen LogP contribution in [0.5, 0.6) is 0 Å². The molecule has 0 unspecified atom stereocenters. The van der Waals surface area contributed by atoms with Gasteiger partial charge in [-0.25, -0.2) is 0 Å². The van der Waals surface area contributed by atoms with Crippen molar-refractivity contribution in [3.05, 3.63) is 123 Å². The van der Waals surface area contributed by atoms with Crippen molar-refractivity contribution in [2.24, 2.45) is 0 Å². The van der Waals surface area contributed by atoms with Gasteiger partial charge in [0.2, 0.25) is 0 Å². The van der Waals surface area contributed by atoms with Gasteiger partial charge in [0.15, 0.2) is 0 Å². The Morgan fingerprint density at radius 2 is 0.895 bits per heavy atom. The molecule has 200 valence electrons. The first-order valence-corrected chi connectivity index (χ1v) is 15.0. The maximum absolute atomic E-state index is 2.97. The van der Waals surface area contributed by atoms with E-state index in [9.17, 15) is 0 Å². The zero-order valence-electron chi connectivity index (χ0n) is 22.9. The minimum absolute atomic E-state index is 0. The van der Waals surface area contributed by atoms with E-state index in [0.717, 1.165) is 0 Å². The molecule has 0 heterocycles. The Balaban J connectivity index is 0.000000616. The Kier molecular flexibility index (Phi) is 16.8. The monoisotopic (exact) mass is 592 g/mol. The summed E-state index contributed by atoms with van der Waals surface area (Å²) in [6.45, 7) is 4.46. The van der Waals surface area contributed by atoms with Crippen molar-refractivity contribution in [3.63, 3.8) is 0 Å². The zero-order chi connectivity index (χ0) is 23.9. The quantitative estimate of drug-likeness (QED) is 0.141. The fraction of sp³-hybridized carbons (Fsp3) is 0.176. The molecule has 0 aliphatic carbocycles. The van der Waals surface area contributed by atoms with Gasteiger partial charge < -0.3 is 14.9 Å². The predicted octanol–water partition coefficient (Wildman–Crippen LogP) is 10.7. The van der Waals surface area contributed by atoms with Crippen molar-refractivity contribution in [1.29, 1.82) is 0 Å². The van der Waals surface area contributed by atoms with Gasteiger partial charge in [-0.2, -0.15) is 12.1 Å². The number of hydrogen-bond donors (Lipinski definition) is 0. The zero-order valence-corrected chi connectivity index (χ0v) is 27.1. The molecule has 6 aromatic carbocycles. The SMILES string of the molecule is CCCc1cc2ccc3ccccc3c2[cH-]1.CCCc1cc2ccc3ccccc3c2[cH-]1.Cl.Cl.[CH3-].[CH3-].[Si]=[Ti]. The van der Waals surface area contributed by atoms with Gasteiger partial charge in [-0.1, -0.05) is 109 Å². The Morgan fingerprint density at radius 3 is 1.26 bits per heavy atom. The van der Waals surface area contributed by atoms with Gasteiger partial charge in [0.1, 0.15) is 0 Å². The summed E-state index contributed by atoms with van der Waals surface area (Å²) >= 11 is 1.81. The molecule has 0 saturated heterocycles. The van der Waals surface area contributed by atoms with E-state index in [4.69, 9.17) is 0 Å². The Bertz CT molecular complexity index is 1410. The van der Waals surface area contributed by atoms with Gasteiger partial charge in [0.05, 0.1) is 0 Å². The van der Waals surface area contributed by atoms with E-state index in [2.05, 4.69) is 119 Å². The third-order valence-corrected chi connectivity index (χ3v) is 6.43. The van der Waals surface area contributed by atoms with Crippen LogP contribution in [-0.4, -0.2) is 7.63 Å². The predicted molar refractivity (Wildman–Crippen MR) is 175 cm³/mol. The average molecular weight is 594 g/mol. The molecule has 0 amide bonds. The van der Waals surface area contributed by atoms with Crippen LogP contribution >= 0.6 is 24.8 Å². The Hall–Kier alpha value is -1.87. The van der Waals surface area contributed by atoms with E-state index in [1.807, 2.05) is 0 Å². The molecule has 0 fully saturated rings. The number of rotatable bonds is 4. The van der Waals surface area contributed by atoms with E-state index >= 15 is 0 Å². The van der Waals surface area contributed by atoms with E-state index in [1.165, 1.54) is 79.9 Å². The summed E-state index contributed by atoms with van der Waals surface area (Å²) in [5, 5.41) is 11.0. The first kappa shape index (κ1) is 36.1. The third-order valence-electron chi connectivity index (χ3n) is 6.43. The molecular weight excluding hydrogens is 555 g/mol. The van der Waals surface area contributed by atoms with Crippen LogP contribution in [0.3, 0.4) is 0 Å². The summed E-state index contributed by atoms with van der Waals surface area (Å²) in [5.74, 6) is 0. The molecule has 0 aromatic heterocycles.